The van der Waals surface area contributed by atoms with E-state index in [1.165, 1.54) is 19.2 Å². The number of benzene rings is 1. The van der Waals surface area contributed by atoms with Gasteiger partial charge in [0.1, 0.15) is 0 Å². The zero-order valence-electron chi connectivity index (χ0n) is 11.0. The average molecular weight is 282 g/mol. The summed E-state index contributed by atoms with van der Waals surface area (Å²) >= 11 is 0. The molecule has 0 aliphatic rings. The maximum Gasteiger partial charge on any atom is 0.328 e. The fourth-order valence-electron chi connectivity index (χ4n) is 1.58. The molecule has 0 aromatic heterocycles. The van der Waals surface area contributed by atoms with Crippen molar-refractivity contribution in [2.45, 2.75) is 13.0 Å². The van der Waals surface area contributed by atoms with Crippen molar-refractivity contribution in [3.8, 4) is 0 Å². The topological polar surface area (TPSA) is 119 Å². The molecule has 0 bridgehead atoms. The molecule has 1 aromatic carbocycles. The lowest BCUT2D eigenvalue weighted by Crippen LogP contribution is -2.43. The van der Waals surface area contributed by atoms with Crippen LogP contribution < -0.4 is 5.32 Å². The maximum absolute atomic E-state index is 11.9. The van der Waals surface area contributed by atoms with Crippen molar-refractivity contribution in [2.24, 2.45) is 0 Å². The van der Waals surface area contributed by atoms with E-state index in [0.29, 0.717) is 5.56 Å². The number of methoxy groups -OCH3 is 1. The van der Waals surface area contributed by atoms with Gasteiger partial charge in [-0.1, -0.05) is 0 Å². The van der Waals surface area contributed by atoms with Gasteiger partial charge in [-0.3, -0.25) is 14.9 Å². The molecule has 0 spiro atoms. The van der Waals surface area contributed by atoms with Crippen LogP contribution in [-0.2, 0) is 9.53 Å². The van der Waals surface area contributed by atoms with Gasteiger partial charge in [-0.05, 0) is 18.6 Å². The number of rotatable bonds is 6. The van der Waals surface area contributed by atoms with Crippen LogP contribution >= 0.6 is 0 Å². The Morgan fingerprint density at radius 2 is 2.10 bits per heavy atom. The van der Waals surface area contributed by atoms with Gasteiger partial charge in [0.25, 0.3) is 11.6 Å². The highest BCUT2D eigenvalue weighted by atomic mass is 16.6. The molecule has 1 amide bonds. The molecule has 2 N–H and O–H groups in total. The highest BCUT2D eigenvalue weighted by molar-refractivity contribution is 5.97. The van der Waals surface area contributed by atoms with Crippen LogP contribution in [0.5, 0.6) is 0 Å². The maximum atomic E-state index is 11.9. The fourth-order valence-corrected chi connectivity index (χ4v) is 1.58. The zero-order valence-corrected chi connectivity index (χ0v) is 11.0. The summed E-state index contributed by atoms with van der Waals surface area (Å²) in [4.78, 5) is 32.9. The third-order valence-corrected chi connectivity index (χ3v) is 2.47. The Bertz CT molecular complexity index is 543. The van der Waals surface area contributed by atoms with Crippen LogP contribution in [0.25, 0.3) is 0 Å². The second-order valence-corrected chi connectivity index (χ2v) is 4.13. The van der Waals surface area contributed by atoms with Gasteiger partial charge >= 0.3 is 5.97 Å². The number of carbonyl (C=O) groups is 2. The summed E-state index contributed by atoms with van der Waals surface area (Å²) in [6, 6.07) is 2.63. The molecule has 0 radical (unpaired) electrons. The third-order valence-electron chi connectivity index (χ3n) is 2.47. The van der Waals surface area contributed by atoms with Gasteiger partial charge in [-0.25, -0.2) is 4.79 Å². The van der Waals surface area contributed by atoms with Crippen molar-refractivity contribution in [1.82, 2.24) is 5.32 Å². The van der Waals surface area contributed by atoms with Gasteiger partial charge in [-0.15, -0.1) is 0 Å². The first-order valence-corrected chi connectivity index (χ1v) is 5.64. The second-order valence-electron chi connectivity index (χ2n) is 4.13. The summed E-state index contributed by atoms with van der Waals surface area (Å²) in [5.74, 6) is -1.95. The van der Waals surface area contributed by atoms with E-state index in [0.717, 1.165) is 6.07 Å². The van der Waals surface area contributed by atoms with Crippen molar-refractivity contribution in [3.05, 3.63) is 39.4 Å². The molecule has 0 aliphatic heterocycles. The number of nitrogens with one attached hydrogen (secondary N) is 1. The van der Waals surface area contributed by atoms with Gasteiger partial charge < -0.3 is 15.2 Å². The molecule has 8 nitrogen and oxygen atoms in total. The Morgan fingerprint density at radius 1 is 1.45 bits per heavy atom. The summed E-state index contributed by atoms with van der Waals surface area (Å²) < 4.78 is 4.68. The molecule has 1 aromatic rings. The molecule has 1 rings (SSSR count). The largest absolute Gasteiger partial charge is 0.480 e. The molecule has 108 valence electrons. The Labute approximate surface area is 114 Å². The molecular weight excluding hydrogens is 268 g/mol. The Balaban J connectivity index is 2.97. The molecule has 1 atom stereocenters. The zero-order chi connectivity index (χ0) is 15.3. The number of hydrogen-bond acceptors (Lipinski definition) is 5. The molecule has 1 unspecified atom stereocenters. The van der Waals surface area contributed by atoms with Crippen LogP contribution in [0.2, 0.25) is 0 Å². The normalized spacial score (nSPS) is 11.7. The monoisotopic (exact) mass is 282 g/mol. The third kappa shape index (κ3) is 4.02. The van der Waals surface area contributed by atoms with Crippen molar-refractivity contribution in [1.29, 1.82) is 0 Å². The summed E-state index contributed by atoms with van der Waals surface area (Å²) in [6.07, 6.45) is 0. The van der Waals surface area contributed by atoms with Gasteiger partial charge in [0.05, 0.1) is 11.5 Å². The SMILES string of the molecule is COCC(NC(=O)c1cc(C)cc([N+](=O)[O-])c1)C(=O)O. The predicted octanol–water partition coefficient (Wildman–Crippen LogP) is 0.733. The van der Waals surface area contributed by atoms with Gasteiger partial charge in [0.15, 0.2) is 6.04 Å². The summed E-state index contributed by atoms with van der Waals surface area (Å²) in [5.41, 5.74) is 0.329. The molecule has 0 fully saturated rings. The molecular formula is C12H14N2O6. The van der Waals surface area contributed by atoms with E-state index >= 15 is 0 Å². The van der Waals surface area contributed by atoms with E-state index in [9.17, 15) is 19.7 Å². The molecule has 0 saturated carbocycles. The van der Waals surface area contributed by atoms with Crippen LogP contribution in [0.3, 0.4) is 0 Å². The minimum Gasteiger partial charge on any atom is -0.480 e. The van der Waals surface area contributed by atoms with Crippen LogP contribution in [-0.4, -0.2) is 41.7 Å². The minimum atomic E-state index is -1.25. The van der Waals surface area contributed by atoms with E-state index in [2.05, 4.69) is 10.1 Å². The number of carboxylic acids is 1. The van der Waals surface area contributed by atoms with E-state index in [1.807, 2.05) is 0 Å². The Kier molecular flexibility index (Phi) is 5.15. The highest BCUT2D eigenvalue weighted by Gasteiger charge is 2.21. The van der Waals surface area contributed by atoms with Crippen LogP contribution in [0.4, 0.5) is 5.69 Å². The summed E-state index contributed by atoms with van der Waals surface area (Å²) in [7, 11) is 1.31. The van der Waals surface area contributed by atoms with E-state index in [-0.39, 0.29) is 17.9 Å². The lowest BCUT2D eigenvalue weighted by Gasteiger charge is -2.13. The first-order chi connectivity index (χ1) is 9.35. The Hall–Kier alpha value is -2.48. The predicted molar refractivity (Wildman–Crippen MR) is 68.6 cm³/mol. The van der Waals surface area contributed by atoms with Crippen molar-refractivity contribution < 1.29 is 24.4 Å². The second kappa shape index (κ2) is 6.62. The number of carboxylic acid groups (broad SMARTS) is 1. The number of hydrogen-bond donors (Lipinski definition) is 2. The molecule has 0 saturated heterocycles. The quantitative estimate of drug-likeness (QED) is 0.586. The van der Waals surface area contributed by atoms with Gasteiger partial charge in [0, 0.05) is 24.8 Å². The van der Waals surface area contributed by atoms with Crippen molar-refractivity contribution in [3.63, 3.8) is 0 Å². The number of aliphatic carboxylic acids is 1. The van der Waals surface area contributed by atoms with Crippen molar-refractivity contribution in [2.75, 3.05) is 13.7 Å². The molecule has 20 heavy (non-hydrogen) atoms. The number of ether oxygens (including phenoxy) is 1. The van der Waals surface area contributed by atoms with E-state index in [1.54, 1.807) is 6.92 Å². The van der Waals surface area contributed by atoms with Crippen LogP contribution in [0.1, 0.15) is 15.9 Å². The number of nitrogens with zero attached hydrogens (tertiary/aromatic N) is 1. The highest BCUT2D eigenvalue weighted by Crippen LogP contribution is 2.16. The lowest BCUT2D eigenvalue weighted by atomic mass is 10.1. The van der Waals surface area contributed by atoms with E-state index < -0.39 is 22.8 Å². The average Bonchev–Trinajstić information content (AvgIpc) is 2.37. The standard InChI is InChI=1S/C12H14N2O6/c1-7-3-8(5-9(4-7)14(18)19)11(15)13-10(6-20-2)12(16)17/h3-5,10H,6H2,1-2H3,(H,13,15)(H,16,17). The molecule has 8 heteroatoms. The summed E-state index contributed by atoms with van der Waals surface area (Å²) in [6.45, 7) is 1.41. The van der Waals surface area contributed by atoms with Gasteiger partial charge in [-0.2, -0.15) is 0 Å². The van der Waals surface area contributed by atoms with E-state index in [4.69, 9.17) is 5.11 Å². The first-order valence-electron chi connectivity index (χ1n) is 5.64. The number of non-ortho nitro benzene ring substituents is 1. The number of aryl methyl sites for hydroxylation is 1. The summed E-state index contributed by atoms with van der Waals surface area (Å²) in [5, 5.41) is 21.9. The molecule has 0 aliphatic carbocycles. The first kappa shape index (κ1) is 15.6. The van der Waals surface area contributed by atoms with Crippen molar-refractivity contribution >= 4 is 17.6 Å². The fraction of sp³-hybridized carbons (Fsp3) is 0.333. The van der Waals surface area contributed by atoms with Crippen LogP contribution in [0, 0.1) is 17.0 Å². The number of nitro benzene ring substituents is 1. The minimum absolute atomic E-state index is 0.0269. The van der Waals surface area contributed by atoms with Crippen LogP contribution in [0.15, 0.2) is 18.2 Å². The molecule has 0 heterocycles. The smallest absolute Gasteiger partial charge is 0.328 e. The number of nitro groups is 1. The lowest BCUT2D eigenvalue weighted by molar-refractivity contribution is -0.384. The number of amides is 1. The van der Waals surface area contributed by atoms with Gasteiger partial charge in [0.2, 0.25) is 0 Å². The Morgan fingerprint density at radius 3 is 2.60 bits per heavy atom. The number of carbonyl (C=O) groups excluding carboxylic acids is 1.